The number of hydrogen-bond acceptors (Lipinski definition) is 2. The third-order valence-electron chi connectivity index (χ3n) is 4.56. The first-order chi connectivity index (χ1) is 8.78. The van der Waals surface area contributed by atoms with Crippen molar-refractivity contribution in [3.8, 4) is 0 Å². The molecule has 1 aromatic rings. The number of nitrogens with one attached hydrogen (secondary N) is 1. The van der Waals surface area contributed by atoms with Gasteiger partial charge in [-0.25, -0.2) is 0 Å². The van der Waals surface area contributed by atoms with E-state index in [2.05, 4.69) is 48.3 Å². The zero-order chi connectivity index (χ0) is 12.5. The summed E-state index contributed by atoms with van der Waals surface area (Å²) in [5.74, 6) is 0. The van der Waals surface area contributed by atoms with Gasteiger partial charge >= 0.3 is 0 Å². The minimum absolute atomic E-state index is 0.745. The second-order valence-corrected chi connectivity index (χ2v) is 5.85. The summed E-state index contributed by atoms with van der Waals surface area (Å²) in [5, 5.41) is 3.64. The lowest BCUT2D eigenvalue weighted by Crippen LogP contribution is -2.49. The Morgan fingerprint density at radius 2 is 1.72 bits per heavy atom. The number of fused-ring (bicyclic) bond motifs is 2. The summed E-state index contributed by atoms with van der Waals surface area (Å²) >= 11 is 0. The molecule has 0 aromatic heterocycles. The summed E-state index contributed by atoms with van der Waals surface area (Å²) < 4.78 is 0. The van der Waals surface area contributed by atoms with Gasteiger partial charge in [0.1, 0.15) is 0 Å². The highest BCUT2D eigenvalue weighted by molar-refractivity contribution is 5.51. The molecule has 2 heterocycles. The summed E-state index contributed by atoms with van der Waals surface area (Å²) in [6.45, 7) is 5.48. The zero-order valence-corrected chi connectivity index (χ0v) is 11.5. The SMILES string of the molecule is CCNC1CC2CCC(C1)N2c1ccc(C)cc1. The first kappa shape index (κ1) is 12.0. The second-order valence-electron chi connectivity index (χ2n) is 5.85. The number of aryl methyl sites for hydroxylation is 1. The molecule has 2 nitrogen and oxygen atoms in total. The van der Waals surface area contributed by atoms with Gasteiger partial charge in [-0.3, -0.25) is 0 Å². The van der Waals surface area contributed by atoms with Crippen LogP contribution in [0.3, 0.4) is 0 Å². The fourth-order valence-electron chi connectivity index (χ4n) is 3.77. The van der Waals surface area contributed by atoms with Gasteiger partial charge in [-0.2, -0.15) is 0 Å². The second kappa shape index (κ2) is 4.93. The molecule has 98 valence electrons. The maximum absolute atomic E-state index is 3.64. The average Bonchev–Trinajstić information content (AvgIpc) is 2.63. The Balaban J connectivity index is 1.77. The number of hydrogen-bond donors (Lipinski definition) is 1. The Bertz CT molecular complexity index is 384. The van der Waals surface area contributed by atoms with Crippen LogP contribution in [0.15, 0.2) is 24.3 Å². The molecule has 2 heteroatoms. The van der Waals surface area contributed by atoms with Gasteiger partial charge in [0.05, 0.1) is 0 Å². The molecule has 0 saturated carbocycles. The lowest BCUT2D eigenvalue weighted by Gasteiger charge is -2.41. The topological polar surface area (TPSA) is 15.3 Å². The minimum Gasteiger partial charge on any atom is -0.365 e. The molecule has 0 radical (unpaired) electrons. The minimum atomic E-state index is 0.745. The number of benzene rings is 1. The lowest BCUT2D eigenvalue weighted by molar-refractivity contribution is 0.361. The Morgan fingerprint density at radius 3 is 2.28 bits per heavy atom. The van der Waals surface area contributed by atoms with Crippen LogP contribution >= 0.6 is 0 Å². The van der Waals surface area contributed by atoms with Gasteiger partial charge in [-0.15, -0.1) is 0 Å². The Kier molecular flexibility index (Phi) is 3.29. The van der Waals surface area contributed by atoms with Crippen molar-refractivity contribution in [2.75, 3.05) is 11.4 Å². The predicted molar refractivity (Wildman–Crippen MR) is 77.2 cm³/mol. The molecule has 1 N–H and O–H groups in total. The van der Waals surface area contributed by atoms with E-state index in [9.17, 15) is 0 Å². The monoisotopic (exact) mass is 244 g/mol. The van der Waals surface area contributed by atoms with E-state index in [1.807, 2.05) is 0 Å². The molecule has 2 bridgehead atoms. The molecule has 2 atom stereocenters. The summed E-state index contributed by atoms with van der Waals surface area (Å²) in [7, 11) is 0. The molecule has 18 heavy (non-hydrogen) atoms. The van der Waals surface area contributed by atoms with Crippen LogP contribution in [-0.4, -0.2) is 24.7 Å². The van der Waals surface area contributed by atoms with E-state index in [0.29, 0.717) is 0 Å². The quantitative estimate of drug-likeness (QED) is 0.879. The molecule has 2 fully saturated rings. The van der Waals surface area contributed by atoms with Gasteiger partial charge in [0.25, 0.3) is 0 Å². The van der Waals surface area contributed by atoms with E-state index in [0.717, 1.165) is 24.7 Å². The first-order valence-electron chi connectivity index (χ1n) is 7.36. The Hall–Kier alpha value is -1.02. The van der Waals surface area contributed by atoms with Crippen LogP contribution in [0.25, 0.3) is 0 Å². The normalized spacial score (nSPS) is 30.8. The van der Waals surface area contributed by atoms with Gasteiger partial charge in [-0.1, -0.05) is 24.6 Å². The molecule has 2 aliphatic heterocycles. The molecule has 0 amide bonds. The lowest BCUT2D eigenvalue weighted by atomic mass is 9.96. The zero-order valence-electron chi connectivity index (χ0n) is 11.5. The van der Waals surface area contributed by atoms with Crippen LogP contribution in [0.5, 0.6) is 0 Å². The molecule has 2 aliphatic rings. The summed E-state index contributed by atoms with van der Waals surface area (Å²) in [6.07, 6.45) is 5.39. The smallest absolute Gasteiger partial charge is 0.0371 e. The molecule has 3 rings (SSSR count). The fraction of sp³-hybridized carbons (Fsp3) is 0.625. The molecule has 0 aliphatic carbocycles. The van der Waals surface area contributed by atoms with Crippen LogP contribution in [0.2, 0.25) is 0 Å². The van der Waals surface area contributed by atoms with Crippen molar-refractivity contribution in [2.24, 2.45) is 0 Å². The van der Waals surface area contributed by atoms with Gasteiger partial charge in [0.15, 0.2) is 0 Å². The molecular weight excluding hydrogens is 220 g/mol. The summed E-state index contributed by atoms with van der Waals surface area (Å²) in [4.78, 5) is 2.69. The molecule has 0 spiro atoms. The maximum Gasteiger partial charge on any atom is 0.0371 e. The van der Waals surface area contributed by atoms with Gasteiger partial charge < -0.3 is 10.2 Å². The Morgan fingerprint density at radius 1 is 1.11 bits per heavy atom. The molecule has 2 saturated heterocycles. The molecule has 1 aromatic carbocycles. The average molecular weight is 244 g/mol. The highest BCUT2D eigenvalue weighted by Crippen LogP contribution is 2.39. The van der Waals surface area contributed by atoms with E-state index in [1.165, 1.54) is 36.9 Å². The van der Waals surface area contributed by atoms with Crippen molar-refractivity contribution >= 4 is 5.69 Å². The van der Waals surface area contributed by atoms with Crippen molar-refractivity contribution in [1.29, 1.82) is 0 Å². The molecular formula is C16H24N2. The van der Waals surface area contributed by atoms with Crippen molar-refractivity contribution in [3.63, 3.8) is 0 Å². The van der Waals surface area contributed by atoms with Crippen LogP contribution < -0.4 is 10.2 Å². The Labute approximate surface area is 110 Å². The largest absolute Gasteiger partial charge is 0.365 e. The van der Waals surface area contributed by atoms with Crippen molar-refractivity contribution < 1.29 is 0 Å². The predicted octanol–water partition coefficient (Wildman–Crippen LogP) is 3.10. The summed E-state index contributed by atoms with van der Waals surface area (Å²) in [5.41, 5.74) is 2.79. The number of piperidine rings is 1. The highest BCUT2D eigenvalue weighted by Gasteiger charge is 2.40. The maximum atomic E-state index is 3.64. The number of rotatable bonds is 3. The van der Waals surface area contributed by atoms with E-state index in [-0.39, 0.29) is 0 Å². The van der Waals surface area contributed by atoms with Crippen molar-refractivity contribution in [1.82, 2.24) is 5.32 Å². The molecule has 2 unspecified atom stereocenters. The third kappa shape index (κ3) is 2.14. The van der Waals surface area contributed by atoms with Crippen LogP contribution in [-0.2, 0) is 0 Å². The van der Waals surface area contributed by atoms with Gasteiger partial charge in [-0.05, 0) is 51.3 Å². The summed E-state index contributed by atoms with van der Waals surface area (Å²) in [6, 6.07) is 11.3. The number of anilines is 1. The van der Waals surface area contributed by atoms with Crippen LogP contribution in [0.4, 0.5) is 5.69 Å². The van der Waals surface area contributed by atoms with Crippen LogP contribution in [0.1, 0.15) is 38.2 Å². The highest BCUT2D eigenvalue weighted by atomic mass is 15.2. The fourth-order valence-corrected chi connectivity index (χ4v) is 3.77. The van der Waals surface area contributed by atoms with E-state index in [4.69, 9.17) is 0 Å². The van der Waals surface area contributed by atoms with Crippen molar-refractivity contribution in [3.05, 3.63) is 29.8 Å². The third-order valence-corrected chi connectivity index (χ3v) is 4.56. The van der Waals surface area contributed by atoms with Gasteiger partial charge in [0, 0.05) is 23.8 Å². The van der Waals surface area contributed by atoms with Gasteiger partial charge in [0.2, 0.25) is 0 Å². The van der Waals surface area contributed by atoms with E-state index >= 15 is 0 Å². The number of nitrogens with zero attached hydrogens (tertiary/aromatic N) is 1. The first-order valence-corrected chi connectivity index (χ1v) is 7.36. The standard InChI is InChI=1S/C16H24N2/c1-3-17-13-10-15-8-9-16(11-13)18(15)14-6-4-12(2)5-7-14/h4-7,13,15-17H,3,8-11H2,1-2H3. The van der Waals surface area contributed by atoms with Crippen molar-refractivity contribution in [2.45, 2.75) is 57.7 Å². The van der Waals surface area contributed by atoms with E-state index in [1.54, 1.807) is 0 Å². The van der Waals surface area contributed by atoms with E-state index < -0.39 is 0 Å². The van der Waals surface area contributed by atoms with Crippen LogP contribution in [0, 0.1) is 6.92 Å².